The van der Waals surface area contributed by atoms with E-state index in [9.17, 15) is 18.0 Å². The molecule has 0 bridgehead atoms. The molecule has 0 spiro atoms. The number of hydrogen-bond acceptors (Lipinski definition) is 6. The van der Waals surface area contributed by atoms with Gasteiger partial charge in [-0.3, -0.25) is 9.59 Å². The molecule has 1 heterocycles. The van der Waals surface area contributed by atoms with Crippen LogP contribution in [0.1, 0.15) is 10.6 Å². The Balaban J connectivity index is 1.69. The second kappa shape index (κ2) is 7.60. The smallest absolute Gasteiger partial charge is 0.320 e. The monoisotopic (exact) mass is 388 g/mol. The first-order chi connectivity index (χ1) is 12.9. The quantitative estimate of drug-likeness (QED) is 0.625. The predicted octanol–water partition coefficient (Wildman–Crippen LogP) is 2.14. The molecular formula is C18H16N2O6S. The fourth-order valence-corrected chi connectivity index (χ4v) is 3.28. The zero-order valence-electron chi connectivity index (χ0n) is 14.3. The van der Waals surface area contributed by atoms with Crippen molar-refractivity contribution in [1.29, 1.82) is 0 Å². The van der Waals surface area contributed by atoms with E-state index in [4.69, 9.17) is 4.42 Å². The average molecular weight is 388 g/mol. The van der Waals surface area contributed by atoms with Crippen LogP contribution in [0, 0.1) is 0 Å². The second-order valence-corrected chi connectivity index (χ2v) is 7.29. The Morgan fingerprint density at radius 2 is 1.78 bits per heavy atom. The van der Waals surface area contributed by atoms with Gasteiger partial charge in [0, 0.05) is 11.1 Å². The molecule has 0 saturated heterocycles. The summed E-state index contributed by atoms with van der Waals surface area (Å²) in [5.41, 5.74) is 0.994. The molecule has 0 atom stereocenters. The Morgan fingerprint density at radius 3 is 2.44 bits per heavy atom. The largest absolute Gasteiger partial charge is 0.468 e. The van der Waals surface area contributed by atoms with Crippen LogP contribution in [0.2, 0.25) is 0 Å². The summed E-state index contributed by atoms with van der Waals surface area (Å²) in [5, 5.41) is 3.44. The molecule has 2 aromatic carbocycles. The molecule has 140 valence electrons. The van der Waals surface area contributed by atoms with Crippen LogP contribution in [0.5, 0.6) is 0 Å². The number of carbonyl (C=O) groups is 2. The maximum atomic E-state index is 12.3. The number of ether oxygens (including phenoxy) is 1. The van der Waals surface area contributed by atoms with Gasteiger partial charge in [0.2, 0.25) is 10.0 Å². The zero-order valence-corrected chi connectivity index (χ0v) is 15.1. The minimum Gasteiger partial charge on any atom is -0.468 e. The van der Waals surface area contributed by atoms with Crippen molar-refractivity contribution in [2.24, 2.45) is 0 Å². The van der Waals surface area contributed by atoms with Crippen LogP contribution in [0.3, 0.4) is 0 Å². The van der Waals surface area contributed by atoms with Crippen LogP contribution in [0.25, 0.3) is 11.0 Å². The molecule has 1 aromatic heterocycles. The summed E-state index contributed by atoms with van der Waals surface area (Å²) in [6, 6.07) is 14.4. The molecule has 8 nitrogen and oxygen atoms in total. The first-order valence-electron chi connectivity index (χ1n) is 7.85. The van der Waals surface area contributed by atoms with Gasteiger partial charge in [-0.15, -0.1) is 0 Å². The van der Waals surface area contributed by atoms with E-state index >= 15 is 0 Å². The number of carbonyl (C=O) groups excluding carboxylic acids is 2. The van der Waals surface area contributed by atoms with Crippen LogP contribution < -0.4 is 10.0 Å². The first kappa shape index (κ1) is 18.6. The number of nitrogens with one attached hydrogen (secondary N) is 2. The first-order valence-corrected chi connectivity index (χ1v) is 9.34. The molecule has 0 radical (unpaired) electrons. The topological polar surface area (TPSA) is 115 Å². The number of rotatable bonds is 6. The minimum absolute atomic E-state index is 0.0480. The predicted molar refractivity (Wildman–Crippen MR) is 97.8 cm³/mol. The van der Waals surface area contributed by atoms with E-state index < -0.39 is 28.4 Å². The van der Waals surface area contributed by atoms with Gasteiger partial charge in [0.05, 0.1) is 12.0 Å². The van der Waals surface area contributed by atoms with E-state index in [1.165, 1.54) is 24.3 Å². The number of methoxy groups -OCH3 is 1. The Labute approximate surface area is 155 Å². The van der Waals surface area contributed by atoms with Crippen molar-refractivity contribution >= 4 is 38.6 Å². The average Bonchev–Trinajstić information content (AvgIpc) is 3.11. The van der Waals surface area contributed by atoms with Crippen molar-refractivity contribution in [2.45, 2.75) is 4.90 Å². The molecule has 0 aliphatic rings. The number of amides is 1. The van der Waals surface area contributed by atoms with E-state index in [1.54, 1.807) is 18.2 Å². The zero-order chi connectivity index (χ0) is 19.4. The number of benzene rings is 2. The molecule has 0 saturated carbocycles. The highest BCUT2D eigenvalue weighted by molar-refractivity contribution is 7.89. The number of para-hydroxylation sites is 1. The molecule has 0 unspecified atom stereocenters. The van der Waals surface area contributed by atoms with E-state index in [2.05, 4.69) is 14.8 Å². The molecule has 2 N–H and O–H groups in total. The van der Waals surface area contributed by atoms with Crippen LogP contribution >= 0.6 is 0 Å². The SMILES string of the molecule is COC(=O)CNS(=O)(=O)c1ccc(NC(=O)c2cc3ccccc3o2)cc1. The third-order valence-corrected chi connectivity index (χ3v) is 5.12. The van der Waals surface area contributed by atoms with Crippen molar-refractivity contribution in [2.75, 3.05) is 19.0 Å². The number of hydrogen-bond donors (Lipinski definition) is 2. The van der Waals surface area contributed by atoms with Crippen molar-refractivity contribution in [3.8, 4) is 0 Å². The summed E-state index contributed by atoms with van der Waals surface area (Å²) >= 11 is 0. The number of esters is 1. The molecule has 3 aromatic rings. The van der Waals surface area contributed by atoms with Crippen molar-refractivity contribution < 1.29 is 27.2 Å². The van der Waals surface area contributed by atoms with E-state index in [0.29, 0.717) is 11.3 Å². The van der Waals surface area contributed by atoms with Gasteiger partial charge in [-0.05, 0) is 36.4 Å². The van der Waals surface area contributed by atoms with E-state index in [-0.39, 0.29) is 10.7 Å². The van der Waals surface area contributed by atoms with Crippen LogP contribution in [0.4, 0.5) is 5.69 Å². The Morgan fingerprint density at radius 1 is 1.07 bits per heavy atom. The van der Waals surface area contributed by atoms with Crippen molar-refractivity contribution in [3.63, 3.8) is 0 Å². The number of fused-ring (bicyclic) bond motifs is 1. The lowest BCUT2D eigenvalue weighted by molar-refractivity contribution is -0.139. The molecule has 1 amide bonds. The summed E-state index contributed by atoms with van der Waals surface area (Å²) < 4.78 is 36.2. The Bertz CT molecular complexity index is 1050. The summed E-state index contributed by atoms with van der Waals surface area (Å²) in [6.07, 6.45) is 0. The third kappa shape index (κ3) is 4.33. The summed E-state index contributed by atoms with van der Waals surface area (Å²) in [7, 11) is -2.70. The highest BCUT2D eigenvalue weighted by atomic mass is 32.2. The maximum absolute atomic E-state index is 12.3. The van der Waals surface area contributed by atoms with Crippen molar-refractivity contribution in [1.82, 2.24) is 4.72 Å². The van der Waals surface area contributed by atoms with Gasteiger partial charge >= 0.3 is 5.97 Å². The number of sulfonamides is 1. The van der Waals surface area contributed by atoms with Gasteiger partial charge in [-0.2, -0.15) is 4.72 Å². The maximum Gasteiger partial charge on any atom is 0.320 e. The molecule has 0 fully saturated rings. The summed E-state index contributed by atoms with van der Waals surface area (Å²) in [5.74, 6) is -1.01. The van der Waals surface area contributed by atoms with Gasteiger partial charge in [0.1, 0.15) is 12.1 Å². The lowest BCUT2D eigenvalue weighted by Gasteiger charge is -2.07. The molecule has 0 aliphatic carbocycles. The van der Waals surface area contributed by atoms with Crippen molar-refractivity contribution in [3.05, 3.63) is 60.4 Å². The standard InChI is InChI=1S/C18H16N2O6S/c1-25-17(21)11-19-27(23,24)14-8-6-13(7-9-14)20-18(22)16-10-12-4-2-3-5-15(12)26-16/h2-10,19H,11H2,1H3,(H,20,22). The summed E-state index contributed by atoms with van der Waals surface area (Å²) in [4.78, 5) is 23.3. The minimum atomic E-state index is -3.86. The molecule has 3 rings (SSSR count). The number of anilines is 1. The molecular weight excluding hydrogens is 372 g/mol. The van der Waals surface area contributed by atoms with Crippen LogP contribution in [-0.4, -0.2) is 33.9 Å². The fourth-order valence-electron chi connectivity index (χ4n) is 2.31. The molecule has 9 heteroatoms. The van der Waals surface area contributed by atoms with Gasteiger partial charge in [0.15, 0.2) is 5.76 Å². The van der Waals surface area contributed by atoms with Gasteiger partial charge in [-0.25, -0.2) is 8.42 Å². The van der Waals surface area contributed by atoms with E-state index in [1.807, 2.05) is 12.1 Å². The van der Waals surface area contributed by atoms with Crippen LogP contribution in [0.15, 0.2) is 63.9 Å². The fraction of sp³-hybridized carbons (Fsp3) is 0.111. The summed E-state index contributed by atoms with van der Waals surface area (Å²) in [6.45, 7) is -0.469. The normalized spacial score (nSPS) is 11.3. The molecule has 27 heavy (non-hydrogen) atoms. The lowest BCUT2D eigenvalue weighted by atomic mass is 10.2. The molecule has 0 aliphatic heterocycles. The van der Waals surface area contributed by atoms with Gasteiger partial charge in [0.25, 0.3) is 5.91 Å². The van der Waals surface area contributed by atoms with Crippen LogP contribution in [-0.2, 0) is 19.6 Å². The highest BCUT2D eigenvalue weighted by Crippen LogP contribution is 2.20. The second-order valence-electron chi connectivity index (χ2n) is 5.53. The number of furan rings is 1. The highest BCUT2D eigenvalue weighted by Gasteiger charge is 2.17. The lowest BCUT2D eigenvalue weighted by Crippen LogP contribution is -2.30. The Kier molecular flexibility index (Phi) is 5.24. The van der Waals surface area contributed by atoms with Gasteiger partial charge < -0.3 is 14.5 Å². The van der Waals surface area contributed by atoms with Gasteiger partial charge in [-0.1, -0.05) is 18.2 Å². The Hall–Kier alpha value is -3.17. The van der Waals surface area contributed by atoms with E-state index in [0.717, 1.165) is 12.5 Å². The third-order valence-electron chi connectivity index (χ3n) is 3.71.